The molecule has 8 heteroatoms. The lowest BCUT2D eigenvalue weighted by Gasteiger charge is -2.34. The maximum atomic E-state index is 13.1. The van der Waals surface area contributed by atoms with Gasteiger partial charge in [-0.3, -0.25) is 0 Å². The molecule has 1 amide bonds. The maximum Gasteiger partial charge on any atom is 0.407 e. The zero-order valence-electron chi connectivity index (χ0n) is 21.3. The first-order valence-corrected chi connectivity index (χ1v) is 13.8. The Morgan fingerprint density at radius 3 is 2.20 bits per heavy atom. The van der Waals surface area contributed by atoms with Gasteiger partial charge < -0.3 is 15.0 Å². The van der Waals surface area contributed by atoms with Gasteiger partial charge in [0.1, 0.15) is 5.60 Å². The van der Waals surface area contributed by atoms with E-state index in [1.54, 1.807) is 31.3 Å². The van der Waals surface area contributed by atoms with Crippen molar-refractivity contribution in [3.63, 3.8) is 0 Å². The van der Waals surface area contributed by atoms with Crippen LogP contribution in [0.1, 0.15) is 51.5 Å². The summed E-state index contributed by atoms with van der Waals surface area (Å²) in [6.07, 6.45) is 2.24. The van der Waals surface area contributed by atoms with E-state index < -0.39 is 15.6 Å². The van der Waals surface area contributed by atoms with Crippen molar-refractivity contribution >= 4 is 16.1 Å². The van der Waals surface area contributed by atoms with Gasteiger partial charge in [0, 0.05) is 32.7 Å². The standard InChI is InChI=1S/C27H39N3O4S/c1-27(2,3)34-26(31)28-24-16-19-30(20-17-24)18-15-23(22-11-7-5-8-12-22)21-29(4)35(32,33)25-13-9-6-10-14-25/h5-14,23-24H,15-21H2,1-4H3,(H,28,31)/t23-/m0/s1. The molecule has 1 fully saturated rings. The van der Waals surface area contributed by atoms with E-state index in [-0.39, 0.29) is 18.1 Å². The Labute approximate surface area is 210 Å². The predicted octanol–water partition coefficient (Wildman–Crippen LogP) is 4.47. The number of carbonyl (C=O) groups is 1. The molecular formula is C27H39N3O4S. The van der Waals surface area contributed by atoms with Crippen molar-refractivity contribution in [1.82, 2.24) is 14.5 Å². The van der Waals surface area contributed by atoms with E-state index in [1.165, 1.54) is 4.31 Å². The summed E-state index contributed by atoms with van der Waals surface area (Å²) in [6.45, 7) is 8.65. The fourth-order valence-corrected chi connectivity index (χ4v) is 5.62. The highest BCUT2D eigenvalue weighted by Gasteiger charge is 2.27. The zero-order valence-corrected chi connectivity index (χ0v) is 22.1. The zero-order chi connectivity index (χ0) is 25.5. The van der Waals surface area contributed by atoms with Gasteiger partial charge in [-0.1, -0.05) is 48.5 Å². The Kier molecular flexibility index (Phi) is 9.33. The number of benzene rings is 2. The number of piperidine rings is 1. The largest absolute Gasteiger partial charge is 0.444 e. The molecule has 1 aliphatic heterocycles. The highest BCUT2D eigenvalue weighted by molar-refractivity contribution is 7.89. The summed E-state index contributed by atoms with van der Waals surface area (Å²) in [6, 6.07) is 18.8. The highest BCUT2D eigenvalue weighted by atomic mass is 32.2. The molecule has 1 heterocycles. The second kappa shape index (κ2) is 12.0. The fraction of sp³-hybridized carbons (Fsp3) is 0.519. The number of amides is 1. The first kappa shape index (κ1) is 27.2. The summed E-state index contributed by atoms with van der Waals surface area (Å²) in [7, 11) is -1.89. The molecule has 0 spiro atoms. The summed E-state index contributed by atoms with van der Waals surface area (Å²) in [4.78, 5) is 14.8. The molecule has 1 aliphatic rings. The number of carbonyl (C=O) groups excluding carboxylic acids is 1. The van der Waals surface area contributed by atoms with E-state index >= 15 is 0 Å². The highest BCUT2D eigenvalue weighted by Crippen LogP contribution is 2.25. The van der Waals surface area contributed by atoms with Crippen molar-refractivity contribution in [3.8, 4) is 0 Å². The van der Waals surface area contributed by atoms with E-state index in [9.17, 15) is 13.2 Å². The molecule has 0 aliphatic carbocycles. The molecule has 0 bridgehead atoms. The van der Waals surface area contributed by atoms with Crippen LogP contribution < -0.4 is 5.32 Å². The lowest BCUT2D eigenvalue weighted by Crippen LogP contribution is -2.46. The Morgan fingerprint density at radius 2 is 1.63 bits per heavy atom. The Hall–Kier alpha value is -2.42. The van der Waals surface area contributed by atoms with Gasteiger partial charge in [-0.2, -0.15) is 0 Å². The summed E-state index contributed by atoms with van der Waals surface area (Å²) in [5, 5.41) is 2.98. The lowest BCUT2D eigenvalue weighted by atomic mass is 9.94. The van der Waals surface area contributed by atoms with Crippen molar-refractivity contribution in [2.75, 3.05) is 33.2 Å². The molecular weight excluding hydrogens is 462 g/mol. The van der Waals surface area contributed by atoms with Gasteiger partial charge >= 0.3 is 6.09 Å². The van der Waals surface area contributed by atoms with Gasteiger partial charge in [0.25, 0.3) is 0 Å². The number of rotatable bonds is 9. The van der Waals surface area contributed by atoms with Crippen LogP contribution in [-0.4, -0.2) is 68.6 Å². The summed E-state index contributed by atoms with van der Waals surface area (Å²) < 4.78 is 33.0. The predicted molar refractivity (Wildman–Crippen MR) is 139 cm³/mol. The van der Waals surface area contributed by atoms with Crippen molar-refractivity contribution in [1.29, 1.82) is 0 Å². The van der Waals surface area contributed by atoms with Crippen LogP contribution in [-0.2, 0) is 14.8 Å². The number of hydrogen-bond donors (Lipinski definition) is 1. The van der Waals surface area contributed by atoms with E-state index in [2.05, 4.69) is 22.3 Å². The molecule has 1 N–H and O–H groups in total. The number of likely N-dealkylation sites (N-methyl/N-ethyl adjacent to an activating group) is 1. The molecule has 1 atom stereocenters. The van der Waals surface area contributed by atoms with Gasteiger partial charge in [-0.25, -0.2) is 17.5 Å². The van der Waals surface area contributed by atoms with Crippen molar-refractivity contribution in [3.05, 3.63) is 66.2 Å². The first-order chi connectivity index (χ1) is 16.5. The molecule has 3 rings (SSSR count). The molecule has 7 nitrogen and oxygen atoms in total. The second-order valence-corrected chi connectivity index (χ2v) is 12.3. The van der Waals surface area contributed by atoms with Crippen LogP contribution >= 0.6 is 0 Å². The van der Waals surface area contributed by atoms with Crippen LogP contribution in [0.25, 0.3) is 0 Å². The number of hydrogen-bond acceptors (Lipinski definition) is 5. The summed E-state index contributed by atoms with van der Waals surface area (Å²) in [5.41, 5.74) is 0.641. The Balaban J connectivity index is 1.57. The number of likely N-dealkylation sites (tertiary alicyclic amines) is 1. The van der Waals surface area contributed by atoms with Crippen LogP contribution in [0.2, 0.25) is 0 Å². The Bertz CT molecular complexity index is 1030. The van der Waals surface area contributed by atoms with Crippen LogP contribution in [0, 0.1) is 0 Å². The van der Waals surface area contributed by atoms with E-state index in [1.807, 2.05) is 45.0 Å². The van der Waals surface area contributed by atoms with Crippen LogP contribution in [0.15, 0.2) is 65.6 Å². The SMILES string of the molecule is CN(C[C@H](CCN1CCC(NC(=O)OC(C)(C)C)CC1)c1ccccc1)S(=O)(=O)c1ccccc1. The third-order valence-electron chi connectivity index (χ3n) is 6.30. The van der Waals surface area contributed by atoms with Crippen molar-refractivity contribution < 1.29 is 17.9 Å². The van der Waals surface area contributed by atoms with E-state index in [4.69, 9.17) is 4.74 Å². The quantitative estimate of drug-likeness (QED) is 0.549. The van der Waals surface area contributed by atoms with Gasteiger partial charge in [0.05, 0.1) is 4.90 Å². The van der Waals surface area contributed by atoms with E-state index in [0.717, 1.165) is 44.5 Å². The fourth-order valence-electron chi connectivity index (χ4n) is 4.38. The third-order valence-corrected chi connectivity index (χ3v) is 8.14. The number of sulfonamides is 1. The number of nitrogens with zero attached hydrogens (tertiary/aromatic N) is 2. The molecule has 192 valence electrons. The normalized spacial score (nSPS) is 16.7. The number of alkyl carbamates (subject to hydrolysis) is 1. The summed E-state index contributed by atoms with van der Waals surface area (Å²) >= 11 is 0. The third kappa shape index (κ3) is 8.33. The topological polar surface area (TPSA) is 79.0 Å². The first-order valence-electron chi connectivity index (χ1n) is 12.3. The molecule has 2 aromatic rings. The van der Waals surface area contributed by atoms with Crippen LogP contribution in [0.3, 0.4) is 0 Å². The van der Waals surface area contributed by atoms with Crippen LogP contribution in [0.4, 0.5) is 4.79 Å². The molecule has 0 aromatic heterocycles. The average molecular weight is 502 g/mol. The van der Waals surface area contributed by atoms with E-state index in [0.29, 0.717) is 11.4 Å². The van der Waals surface area contributed by atoms with Crippen molar-refractivity contribution in [2.24, 2.45) is 0 Å². The lowest BCUT2D eigenvalue weighted by molar-refractivity contribution is 0.0478. The van der Waals surface area contributed by atoms with Gasteiger partial charge in [0.15, 0.2) is 0 Å². The van der Waals surface area contributed by atoms with Gasteiger partial charge in [0.2, 0.25) is 10.0 Å². The average Bonchev–Trinajstić information content (AvgIpc) is 2.82. The second-order valence-electron chi connectivity index (χ2n) is 10.3. The van der Waals surface area contributed by atoms with Gasteiger partial charge in [-0.05, 0) is 70.2 Å². The van der Waals surface area contributed by atoms with Gasteiger partial charge in [-0.15, -0.1) is 0 Å². The maximum absolute atomic E-state index is 13.1. The molecule has 35 heavy (non-hydrogen) atoms. The molecule has 2 aromatic carbocycles. The smallest absolute Gasteiger partial charge is 0.407 e. The summed E-state index contributed by atoms with van der Waals surface area (Å²) in [5.74, 6) is 0.0808. The molecule has 0 saturated carbocycles. The Morgan fingerprint density at radius 1 is 1.06 bits per heavy atom. The molecule has 0 unspecified atom stereocenters. The minimum atomic E-state index is -3.55. The minimum absolute atomic E-state index is 0.0808. The monoisotopic (exact) mass is 501 g/mol. The molecule has 0 radical (unpaired) electrons. The molecule has 1 saturated heterocycles. The van der Waals surface area contributed by atoms with Crippen LogP contribution in [0.5, 0.6) is 0 Å². The minimum Gasteiger partial charge on any atom is -0.444 e. The number of ether oxygens (including phenoxy) is 1. The number of nitrogens with one attached hydrogen (secondary N) is 1. The van der Waals surface area contributed by atoms with Crippen molar-refractivity contribution in [2.45, 2.75) is 62.5 Å².